The molecule has 0 aromatic rings. The van der Waals surface area contributed by atoms with E-state index in [-0.39, 0.29) is 22.7 Å². The van der Waals surface area contributed by atoms with Gasteiger partial charge in [-0.15, -0.1) is 0 Å². The van der Waals surface area contributed by atoms with Gasteiger partial charge in [-0.2, -0.15) is 26.3 Å². The summed E-state index contributed by atoms with van der Waals surface area (Å²) in [6.45, 7) is 5.92. The summed E-state index contributed by atoms with van der Waals surface area (Å²) < 4.78 is 85.8. The fraction of sp³-hybridized carbons (Fsp3) is 0.920. The lowest BCUT2D eigenvalue weighted by Crippen LogP contribution is -2.55. The number of hydrogen-bond acceptors (Lipinski definition) is 4. The van der Waals surface area contributed by atoms with E-state index in [1.165, 1.54) is 0 Å². The van der Waals surface area contributed by atoms with Crippen molar-refractivity contribution in [1.29, 1.82) is 0 Å². The van der Waals surface area contributed by atoms with Crippen molar-refractivity contribution in [2.75, 3.05) is 0 Å². The first kappa shape index (κ1) is 26.6. The van der Waals surface area contributed by atoms with Gasteiger partial charge in [0.25, 0.3) is 0 Å². The van der Waals surface area contributed by atoms with Gasteiger partial charge in [-0.1, -0.05) is 13.8 Å². The maximum absolute atomic E-state index is 12.7. The molecule has 0 aliphatic heterocycles. The fourth-order valence-electron chi connectivity index (χ4n) is 8.67. The first-order valence-electron chi connectivity index (χ1n) is 12.6. The lowest BCUT2D eigenvalue weighted by molar-refractivity contribution is -0.212. The number of rotatable bonds is 3. The summed E-state index contributed by atoms with van der Waals surface area (Å²) in [5, 5.41) is 0. The van der Waals surface area contributed by atoms with Crippen LogP contribution in [0.3, 0.4) is 0 Å². The molecular weight excluding hydrogens is 478 g/mol. The van der Waals surface area contributed by atoms with Crippen LogP contribution in [-0.2, 0) is 19.1 Å². The average Bonchev–Trinajstić information content (AvgIpc) is 3.10. The predicted molar refractivity (Wildman–Crippen MR) is 113 cm³/mol. The molecule has 0 saturated heterocycles. The van der Waals surface area contributed by atoms with Gasteiger partial charge in [-0.05, 0) is 99.2 Å². The molecule has 0 amide bonds. The maximum atomic E-state index is 12.7. The van der Waals surface area contributed by atoms with E-state index >= 15 is 0 Å². The molecule has 0 bridgehead atoms. The van der Waals surface area contributed by atoms with E-state index in [0.717, 1.165) is 32.1 Å². The van der Waals surface area contributed by atoms with Gasteiger partial charge in [0.05, 0.1) is 0 Å². The number of fused-ring (bicyclic) bond motifs is 5. The van der Waals surface area contributed by atoms with Gasteiger partial charge >= 0.3 is 24.3 Å². The molecule has 3 unspecified atom stereocenters. The molecule has 0 N–H and O–H groups in total. The Morgan fingerprint density at radius 2 is 1.40 bits per heavy atom. The molecule has 35 heavy (non-hydrogen) atoms. The van der Waals surface area contributed by atoms with Crippen LogP contribution in [0.25, 0.3) is 0 Å². The second-order valence-corrected chi connectivity index (χ2v) is 11.8. The van der Waals surface area contributed by atoms with Crippen molar-refractivity contribution in [3.05, 3.63) is 0 Å². The number of halogens is 6. The molecule has 4 saturated carbocycles. The van der Waals surface area contributed by atoms with Crippen molar-refractivity contribution in [3.63, 3.8) is 0 Å². The van der Waals surface area contributed by atoms with Crippen LogP contribution >= 0.6 is 0 Å². The number of carbonyl (C=O) groups excluding carboxylic acids is 2. The van der Waals surface area contributed by atoms with Crippen LogP contribution in [-0.4, -0.2) is 36.5 Å². The highest BCUT2D eigenvalue weighted by molar-refractivity contribution is 5.76. The minimum Gasteiger partial charge on any atom is -0.456 e. The molecule has 0 spiro atoms. The van der Waals surface area contributed by atoms with Crippen LogP contribution in [0.2, 0.25) is 0 Å². The van der Waals surface area contributed by atoms with Gasteiger partial charge in [0.1, 0.15) is 12.2 Å². The number of hydrogen-bond donors (Lipinski definition) is 0. The zero-order chi connectivity index (χ0) is 26.0. The van der Waals surface area contributed by atoms with Gasteiger partial charge in [-0.25, -0.2) is 9.59 Å². The Morgan fingerprint density at radius 1 is 0.800 bits per heavy atom. The SMILES string of the molecule is CC(OC(=O)C(F)(F)F)[C@H]1CC[C@H]2[C@@H]3CCC4CC(OC(=O)C(F)(F)F)CC[C@]4(C)[C@H]3CC[C@]12C. The first-order valence-corrected chi connectivity index (χ1v) is 12.6. The van der Waals surface area contributed by atoms with E-state index in [9.17, 15) is 35.9 Å². The van der Waals surface area contributed by atoms with Crippen molar-refractivity contribution in [3.8, 4) is 0 Å². The monoisotopic (exact) mass is 512 g/mol. The molecule has 4 rings (SSSR count). The largest absolute Gasteiger partial charge is 0.490 e. The Bertz CT molecular complexity index is 841. The Kier molecular flexibility index (Phi) is 6.70. The molecule has 0 aromatic carbocycles. The highest BCUT2D eigenvalue weighted by Crippen LogP contribution is 2.68. The number of alkyl halides is 6. The van der Waals surface area contributed by atoms with Crippen LogP contribution in [0, 0.1) is 40.4 Å². The van der Waals surface area contributed by atoms with Crippen molar-refractivity contribution >= 4 is 11.9 Å². The quantitative estimate of drug-likeness (QED) is 0.315. The molecule has 200 valence electrons. The number of ether oxygens (including phenoxy) is 2. The van der Waals surface area contributed by atoms with E-state index in [4.69, 9.17) is 9.47 Å². The third-order valence-electron chi connectivity index (χ3n) is 10.3. The van der Waals surface area contributed by atoms with Crippen LogP contribution < -0.4 is 0 Å². The fourth-order valence-corrected chi connectivity index (χ4v) is 8.67. The molecular formula is C25H34F6O4. The maximum Gasteiger partial charge on any atom is 0.490 e. The minimum atomic E-state index is -5.01. The molecule has 0 aromatic heterocycles. The van der Waals surface area contributed by atoms with Gasteiger partial charge < -0.3 is 9.47 Å². The van der Waals surface area contributed by atoms with Crippen molar-refractivity contribution in [2.45, 2.75) is 103 Å². The summed E-state index contributed by atoms with van der Waals surface area (Å²) in [7, 11) is 0. The standard InChI is InChI=1S/C25H34F6O4/c1-13(34-20(32)24(26,27)28)17-6-7-18-16-5-4-14-12-15(35-21(33)25(29,30)31)8-10-22(14,2)19(16)9-11-23(17,18)3/h13-19H,4-12H2,1-3H3/t13?,14?,15?,16-,17+,18-,19-,22-,23+/m0/s1. The Morgan fingerprint density at radius 3 is 2.03 bits per heavy atom. The van der Waals surface area contributed by atoms with Crippen molar-refractivity contribution < 1.29 is 45.4 Å². The van der Waals surface area contributed by atoms with E-state index in [1.54, 1.807) is 6.92 Å². The second kappa shape index (κ2) is 8.82. The molecule has 4 nitrogen and oxygen atoms in total. The molecule has 9 atom stereocenters. The normalized spacial score (nSPS) is 42.3. The summed E-state index contributed by atoms with van der Waals surface area (Å²) >= 11 is 0. The minimum absolute atomic E-state index is 0.0577. The Balaban J connectivity index is 1.44. The van der Waals surface area contributed by atoms with E-state index in [2.05, 4.69) is 13.8 Å². The highest BCUT2D eigenvalue weighted by Gasteiger charge is 2.61. The molecule has 0 heterocycles. The van der Waals surface area contributed by atoms with Crippen molar-refractivity contribution in [2.24, 2.45) is 40.4 Å². The average molecular weight is 513 g/mol. The third-order valence-corrected chi connectivity index (χ3v) is 10.3. The van der Waals surface area contributed by atoms with E-state index < -0.39 is 36.5 Å². The van der Waals surface area contributed by atoms with Crippen LogP contribution in [0.1, 0.15) is 78.6 Å². The number of carbonyl (C=O) groups is 2. The summed E-state index contributed by atoms with van der Waals surface area (Å²) in [6, 6.07) is 0. The first-order chi connectivity index (χ1) is 16.1. The van der Waals surface area contributed by atoms with Crippen molar-refractivity contribution in [1.82, 2.24) is 0 Å². The van der Waals surface area contributed by atoms with Crippen LogP contribution in [0.15, 0.2) is 0 Å². The number of esters is 2. The van der Waals surface area contributed by atoms with E-state index in [0.29, 0.717) is 43.4 Å². The second-order valence-electron chi connectivity index (χ2n) is 11.8. The van der Waals surface area contributed by atoms with E-state index in [1.807, 2.05) is 0 Å². The van der Waals surface area contributed by atoms with Gasteiger partial charge in [0.15, 0.2) is 0 Å². The van der Waals surface area contributed by atoms with Gasteiger partial charge in [0, 0.05) is 5.92 Å². The molecule has 0 radical (unpaired) electrons. The molecule has 10 heteroatoms. The summed E-state index contributed by atoms with van der Waals surface area (Å²) in [4.78, 5) is 22.8. The lowest BCUT2D eigenvalue weighted by Gasteiger charge is -2.61. The topological polar surface area (TPSA) is 52.6 Å². The summed E-state index contributed by atoms with van der Waals surface area (Å²) in [6.07, 6.45) is -4.92. The Hall–Kier alpha value is -1.48. The predicted octanol–water partition coefficient (Wildman–Crippen LogP) is 6.61. The van der Waals surface area contributed by atoms with Gasteiger partial charge in [0.2, 0.25) is 0 Å². The highest BCUT2D eigenvalue weighted by atomic mass is 19.4. The molecule has 4 aliphatic rings. The summed E-state index contributed by atoms with van der Waals surface area (Å²) in [5.41, 5.74) is -0.271. The Labute approximate surface area is 201 Å². The zero-order valence-electron chi connectivity index (χ0n) is 20.3. The smallest absolute Gasteiger partial charge is 0.456 e. The lowest BCUT2D eigenvalue weighted by atomic mass is 9.44. The summed E-state index contributed by atoms with van der Waals surface area (Å²) in [5.74, 6) is -3.13. The zero-order valence-corrected chi connectivity index (χ0v) is 20.3. The molecule has 4 aliphatic carbocycles. The van der Waals surface area contributed by atoms with Crippen LogP contribution in [0.4, 0.5) is 26.3 Å². The third kappa shape index (κ3) is 4.67. The van der Waals surface area contributed by atoms with Crippen LogP contribution in [0.5, 0.6) is 0 Å². The molecule has 4 fully saturated rings. The van der Waals surface area contributed by atoms with Gasteiger partial charge in [-0.3, -0.25) is 0 Å².